The number of furan rings is 2. The molecule has 0 aliphatic carbocycles. The Morgan fingerprint density at radius 3 is 2.10 bits per heavy atom. The van der Waals surface area contributed by atoms with Gasteiger partial charge in [-0.3, -0.25) is 4.40 Å². The fraction of sp³-hybridized carbons (Fsp3) is 0.308. The van der Waals surface area contributed by atoms with Crippen LogP contribution >= 0.6 is 0 Å². The van der Waals surface area contributed by atoms with Crippen LogP contribution in [-0.4, -0.2) is 14.4 Å². The van der Waals surface area contributed by atoms with Gasteiger partial charge in [0.1, 0.15) is 16.8 Å². The third-order valence-electron chi connectivity index (χ3n) is 6.16. The van der Waals surface area contributed by atoms with E-state index in [0.717, 1.165) is 44.4 Å². The first-order valence-corrected chi connectivity index (χ1v) is 10.5. The Hall–Kier alpha value is -3.14. The second kappa shape index (κ2) is 5.31. The summed E-state index contributed by atoms with van der Waals surface area (Å²) >= 11 is 0. The van der Waals surface area contributed by atoms with E-state index in [2.05, 4.69) is 82.3 Å². The molecule has 2 bridgehead atoms. The summed E-state index contributed by atoms with van der Waals surface area (Å²) < 4.78 is 8.22. The molecular formula is C26H25N3O. The fourth-order valence-corrected chi connectivity index (χ4v) is 4.53. The zero-order chi connectivity index (χ0) is 21.0. The molecule has 0 saturated carbocycles. The van der Waals surface area contributed by atoms with Gasteiger partial charge < -0.3 is 4.42 Å². The number of pyridine rings is 2. The predicted octanol–water partition coefficient (Wildman–Crippen LogP) is 6.97. The van der Waals surface area contributed by atoms with Gasteiger partial charge in [0.25, 0.3) is 0 Å². The summed E-state index contributed by atoms with van der Waals surface area (Å²) in [5, 5.41) is 4.65. The maximum Gasteiger partial charge on any atom is 0.178 e. The highest BCUT2D eigenvalue weighted by Gasteiger charge is 2.24. The van der Waals surface area contributed by atoms with E-state index in [4.69, 9.17) is 14.4 Å². The highest BCUT2D eigenvalue weighted by atomic mass is 16.3. The van der Waals surface area contributed by atoms with Crippen LogP contribution in [0.2, 0.25) is 0 Å². The topological polar surface area (TPSA) is 43.3 Å². The van der Waals surface area contributed by atoms with Crippen molar-refractivity contribution in [2.45, 2.75) is 52.4 Å². The van der Waals surface area contributed by atoms with Crippen LogP contribution in [0.1, 0.15) is 52.9 Å². The van der Waals surface area contributed by atoms with Crippen molar-refractivity contribution in [3.63, 3.8) is 0 Å². The van der Waals surface area contributed by atoms with Crippen LogP contribution in [-0.2, 0) is 10.8 Å². The van der Waals surface area contributed by atoms with Crippen LogP contribution in [0.4, 0.5) is 0 Å². The lowest BCUT2D eigenvalue weighted by atomic mass is 9.89. The van der Waals surface area contributed by atoms with Gasteiger partial charge in [0.15, 0.2) is 5.65 Å². The van der Waals surface area contributed by atoms with Crippen molar-refractivity contribution >= 4 is 49.5 Å². The van der Waals surface area contributed by atoms with Crippen molar-refractivity contribution in [2.75, 3.05) is 0 Å². The molecule has 5 aromatic heterocycles. The van der Waals surface area contributed by atoms with Gasteiger partial charge in [-0.05, 0) is 47.9 Å². The van der Waals surface area contributed by atoms with Crippen LogP contribution in [0.5, 0.6) is 0 Å². The number of rotatable bonds is 0. The molecule has 0 saturated heterocycles. The molecule has 0 fully saturated rings. The van der Waals surface area contributed by atoms with Gasteiger partial charge in [-0.1, -0.05) is 41.5 Å². The number of fused-ring (bicyclic) bond motifs is 10. The molecule has 0 unspecified atom stereocenters. The molecule has 0 radical (unpaired) electrons. The van der Waals surface area contributed by atoms with Gasteiger partial charge in [-0.15, -0.1) is 0 Å². The Morgan fingerprint density at radius 1 is 0.733 bits per heavy atom. The summed E-state index contributed by atoms with van der Waals surface area (Å²) in [6.45, 7) is 13.3. The molecule has 5 heterocycles. The third kappa shape index (κ3) is 2.28. The van der Waals surface area contributed by atoms with E-state index >= 15 is 0 Å². The van der Waals surface area contributed by atoms with Gasteiger partial charge in [-0.2, -0.15) is 0 Å². The quantitative estimate of drug-likeness (QED) is 0.261. The molecule has 150 valence electrons. The zero-order valence-electron chi connectivity index (χ0n) is 18.3. The van der Waals surface area contributed by atoms with Crippen molar-refractivity contribution in [2.24, 2.45) is 0 Å². The molecule has 0 aliphatic heterocycles. The molecule has 4 heteroatoms. The first-order valence-electron chi connectivity index (χ1n) is 10.5. The minimum absolute atomic E-state index is 0.0173. The summed E-state index contributed by atoms with van der Waals surface area (Å²) in [5.74, 6) is 0. The first kappa shape index (κ1) is 17.7. The molecule has 0 aliphatic rings. The van der Waals surface area contributed by atoms with Gasteiger partial charge >= 0.3 is 0 Å². The highest BCUT2D eigenvalue weighted by Crippen LogP contribution is 2.38. The number of aromatic nitrogens is 3. The van der Waals surface area contributed by atoms with E-state index < -0.39 is 0 Å². The minimum Gasteiger partial charge on any atom is -0.456 e. The molecule has 0 atom stereocenters. The molecule has 6 rings (SSSR count). The molecule has 30 heavy (non-hydrogen) atoms. The average Bonchev–Trinajstić information content (AvgIpc) is 3.37. The molecule has 1 aromatic carbocycles. The van der Waals surface area contributed by atoms with Crippen LogP contribution < -0.4 is 0 Å². The molecule has 0 amide bonds. The fourth-order valence-electron chi connectivity index (χ4n) is 4.53. The van der Waals surface area contributed by atoms with Crippen molar-refractivity contribution in [3.05, 3.63) is 53.9 Å². The van der Waals surface area contributed by atoms with Crippen molar-refractivity contribution in [1.82, 2.24) is 14.4 Å². The molecular weight excluding hydrogens is 370 g/mol. The highest BCUT2D eigenvalue weighted by molar-refractivity contribution is 6.15. The van der Waals surface area contributed by atoms with Gasteiger partial charge in [0.05, 0.1) is 5.52 Å². The molecule has 6 aromatic rings. The lowest BCUT2D eigenvalue weighted by Crippen LogP contribution is -2.16. The first-order chi connectivity index (χ1) is 14.1. The lowest BCUT2D eigenvalue weighted by molar-refractivity contribution is 0.564. The smallest absolute Gasteiger partial charge is 0.178 e. The SMILES string of the molecule is CC(C)(C)c1ccc2c(n1)nc1c3cc4c5ccc(o5)c4cc3cc(C(C)(C)C)n21. The maximum absolute atomic E-state index is 5.92. The zero-order valence-corrected chi connectivity index (χ0v) is 18.3. The van der Waals surface area contributed by atoms with E-state index in [1.54, 1.807) is 0 Å². The Kier molecular flexibility index (Phi) is 3.13. The summed E-state index contributed by atoms with van der Waals surface area (Å²) in [6.07, 6.45) is 0. The largest absolute Gasteiger partial charge is 0.456 e. The van der Waals surface area contributed by atoms with Gasteiger partial charge in [-0.25, -0.2) is 9.97 Å². The van der Waals surface area contributed by atoms with Crippen LogP contribution in [0.3, 0.4) is 0 Å². The Bertz CT molecular complexity index is 1600. The summed E-state index contributed by atoms with van der Waals surface area (Å²) in [6, 6.07) is 15.2. The Labute approximate surface area is 174 Å². The van der Waals surface area contributed by atoms with Crippen molar-refractivity contribution in [1.29, 1.82) is 0 Å². The van der Waals surface area contributed by atoms with Crippen LogP contribution in [0, 0.1) is 0 Å². The molecule has 0 N–H and O–H groups in total. The number of hydrogen-bond donors (Lipinski definition) is 0. The standard InChI is InChI=1S/C26H25N3O/c1-25(2,3)21-10-7-18-23(27-21)28-24-15-13-17-16(19-8-9-20(17)30-19)11-14(15)12-22(29(18)24)26(4,5)6/h7-13H,1-6H3. The molecule has 4 nitrogen and oxygen atoms in total. The second-order valence-electron chi connectivity index (χ2n) is 10.5. The number of imidazole rings is 1. The normalized spacial score (nSPS) is 13.7. The van der Waals surface area contributed by atoms with Crippen molar-refractivity contribution < 1.29 is 4.42 Å². The lowest BCUT2D eigenvalue weighted by Gasteiger charge is -2.22. The number of hydrogen-bond acceptors (Lipinski definition) is 3. The van der Waals surface area contributed by atoms with Gasteiger partial charge in [0, 0.05) is 38.4 Å². The van der Waals surface area contributed by atoms with Crippen LogP contribution in [0.15, 0.2) is 46.9 Å². The van der Waals surface area contributed by atoms with Gasteiger partial charge in [0.2, 0.25) is 0 Å². The van der Waals surface area contributed by atoms with Crippen molar-refractivity contribution in [3.8, 4) is 0 Å². The second-order valence-corrected chi connectivity index (χ2v) is 10.5. The number of nitrogens with zero attached hydrogens (tertiary/aromatic N) is 3. The van der Waals surface area contributed by atoms with E-state index in [1.807, 2.05) is 6.07 Å². The van der Waals surface area contributed by atoms with E-state index in [9.17, 15) is 0 Å². The molecule has 0 spiro atoms. The van der Waals surface area contributed by atoms with E-state index in [1.165, 1.54) is 16.5 Å². The Morgan fingerprint density at radius 2 is 1.43 bits per heavy atom. The average molecular weight is 396 g/mol. The minimum atomic E-state index is -0.0426. The maximum atomic E-state index is 5.92. The Balaban J connectivity index is 1.82. The third-order valence-corrected chi connectivity index (χ3v) is 6.16. The summed E-state index contributed by atoms with van der Waals surface area (Å²) in [4.78, 5) is 10.0. The summed E-state index contributed by atoms with van der Waals surface area (Å²) in [7, 11) is 0. The number of benzene rings is 2. The predicted molar refractivity (Wildman–Crippen MR) is 124 cm³/mol. The van der Waals surface area contributed by atoms with E-state index in [0.29, 0.717) is 0 Å². The monoisotopic (exact) mass is 395 g/mol. The summed E-state index contributed by atoms with van der Waals surface area (Å²) in [5.41, 5.74) is 6.94. The van der Waals surface area contributed by atoms with E-state index in [-0.39, 0.29) is 10.8 Å². The van der Waals surface area contributed by atoms with Crippen LogP contribution in [0.25, 0.3) is 49.5 Å².